The lowest BCUT2D eigenvalue weighted by Gasteiger charge is -2.31. The number of likely N-dealkylation sites (tertiary alicyclic amines) is 1. The molecule has 1 aliphatic rings. The van der Waals surface area contributed by atoms with Gasteiger partial charge in [0.05, 0.1) is 15.2 Å². The molecule has 2 heterocycles. The minimum atomic E-state index is -2.46. The summed E-state index contributed by atoms with van der Waals surface area (Å²) >= 11 is 8.21. The third-order valence-corrected chi connectivity index (χ3v) is 6.98. The highest BCUT2D eigenvalue weighted by Gasteiger charge is 2.26. The van der Waals surface area contributed by atoms with Crippen LogP contribution < -0.4 is 0 Å². The highest BCUT2D eigenvalue weighted by Crippen LogP contribution is 2.35. The van der Waals surface area contributed by atoms with E-state index in [2.05, 4.69) is 0 Å². The number of alkyl halides is 2. The molecule has 0 unspecified atom stereocenters. The lowest BCUT2D eigenvalue weighted by atomic mass is 9.97. The molecule has 0 N–H and O–H groups in total. The number of fused-ring (bicyclic) bond motifs is 1. The fourth-order valence-corrected chi connectivity index (χ4v) is 5.17. The molecule has 0 aliphatic carbocycles. The summed E-state index contributed by atoms with van der Waals surface area (Å²) in [5.41, 5.74) is 1.46. The van der Waals surface area contributed by atoms with Crippen LogP contribution in [0.1, 0.15) is 34.1 Å². The van der Waals surface area contributed by atoms with Crippen LogP contribution in [-0.2, 0) is 0 Å². The van der Waals surface area contributed by atoms with Gasteiger partial charge in [-0.2, -0.15) is 8.78 Å². The molecule has 0 radical (unpaired) electrons. The molecule has 0 saturated carbocycles. The van der Waals surface area contributed by atoms with Gasteiger partial charge in [0.15, 0.2) is 0 Å². The van der Waals surface area contributed by atoms with Gasteiger partial charge >= 0.3 is 0 Å². The highest BCUT2D eigenvalue weighted by atomic mass is 35.5. The van der Waals surface area contributed by atoms with Crippen molar-refractivity contribution in [2.24, 2.45) is 0 Å². The predicted molar refractivity (Wildman–Crippen MR) is 111 cm³/mol. The van der Waals surface area contributed by atoms with E-state index in [4.69, 9.17) is 16.6 Å². The summed E-state index contributed by atoms with van der Waals surface area (Å²) in [5.74, 6) is -2.17. The Bertz CT molecular complexity index is 986. The summed E-state index contributed by atoms with van der Waals surface area (Å²) in [4.78, 5) is 19.7. The van der Waals surface area contributed by atoms with E-state index >= 15 is 0 Å². The maximum absolute atomic E-state index is 12.7. The van der Waals surface area contributed by atoms with Gasteiger partial charge in [-0.05, 0) is 55.3 Å². The molecule has 8 heteroatoms. The Morgan fingerprint density at radius 2 is 1.89 bits per heavy atom. The Morgan fingerprint density at radius 3 is 2.57 bits per heavy atom. The van der Waals surface area contributed by atoms with Crippen molar-refractivity contribution in [3.05, 3.63) is 58.1 Å². The first-order valence-electron chi connectivity index (χ1n) is 8.90. The minimum Gasteiger partial charge on any atom is -0.339 e. The Hall–Kier alpha value is -1.70. The number of carbonyl (C=O) groups excluding carboxylic acids is 1. The third-order valence-electron chi connectivity index (χ3n) is 4.82. The monoisotopic (exact) mass is 438 g/mol. The fraction of sp³-hybridized carbons (Fsp3) is 0.300. The van der Waals surface area contributed by atoms with Gasteiger partial charge < -0.3 is 4.90 Å². The molecule has 1 amide bonds. The summed E-state index contributed by atoms with van der Waals surface area (Å²) in [7, 11) is 0. The summed E-state index contributed by atoms with van der Waals surface area (Å²) in [6, 6.07) is 12.1. The largest absolute Gasteiger partial charge is 0.339 e. The predicted octanol–water partition coefficient (Wildman–Crippen LogP) is 6.28. The molecule has 3 aromatic rings. The number of thiazole rings is 1. The number of rotatable bonds is 4. The number of aromatic nitrogens is 1. The van der Waals surface area contributed by atoms with Gasteiger partial charge in [-0.3, -0.25) is 4.79 Å². The van der Waals surface area contributed by atoms with E-state index in [0.29, 0.717) is 46.3 Å². The zero-order valence-corrected chi connectivity index (χ0v) is 17.2. The van der Waals surface area contributed by atoms with Crippen molar-refractivity contribution in [3.8, 4) is 0 Å². The molecule has 0 atom stereocenters. The number of benzene rings is 2. The standard InChI is InChI=1S/C20H17ClF2N2OS2/c21-14-3-6-17-16(11-14)24-18(28-17)12-7-9-25(10-8-12)19(26)13-1-4-15(5-2-13)27-20(22)23/h1-6,11-12,20H,7-10H2. The molecule has 1 fully saturated rings. The number of nitrogens with zero attached hydrogens (tertiary/aromatic N) is 2. The van der Waals surface area contributed by atoms with E-state index in [-0.39, 0.29) is 5.91 Å². The van der Waals surface area contributed by atoms with Crippen LogP contribution in [-0.4, -0.2) is 34.6 Å². The average molecular weight is 439 g/mol. The molecular weight excluding hydrogens is 422 g/mol. The van der Waals surface area contributed by atoms with Crippen LogP contribution in [0.5, 0.6) is 0 Å². The number of carbonyl (C=O) groups is 1. The van der Waals surface area contributed by atoms with Crippen LogP contribution in [0.15, 0.2) is 47.4 Å². The zero-order valence-electron chi connectivity index (χ0n) is 14.8. The van der Waals surface area contributed by atoms with E-state index in [1.54, 1.807) is 35.6 Å². The van der Waals surface area contributed by atoms with Crippen LogP contribution in [0, 0.1) is 0 Å². The molecule has 146 valence electrons. The quantitative estimate of drug-likeness (QED) is 0.449. The van der Waals surface area contributed by atoms with Crippen LogP contribution in [0.2, 0.25) is 5.02 Å². The molecule has 1 aliphatic heterocycles. The lowest BCUT2D eigenvalue weighted by Crippen LogP contribution is -2.37. The summed E-state index contributed by atoms with van der Waals surface area (Å²) in [5, 5.41) is 1.78. The van der Waals surface area contributed by atoms with Crippen molar-refractivity contribution in [1.82, 2.24) is 9.88 Å². The lowest BCUT2D eigenvalue weighted by molar-refractivity contribution is 0.0713. The van der Waals surface area contributed by atoms with Crippen LogP contribution in [0.25, 0.3) is 10.2 Å². The van der Waals surface area contributed by atoms with Crippen molar-refractivity contribution in [3.63, 3.8) is 0 Å². The van der Waals surface area contributed by atoms with E-state index in [9.17, 15) is 13.6 Å². The normalized spacial score (nSPS) is 15.5. The maximum atomic E-state index is 12.7. The van der Waals surface area contributed by atoms with Crippen molar-refractivity contribution in [2.75, 3.05) is 13.1 Å². The minimum absolute atomic E-state index is 0.0527. The van der Waals surface area contributed by atoms with E-state index in [0.717, 1.165) is 28.1 Å². The topological polar surface area (TPSA) is 33.2 Å². The number of halogens is 3. The maximum Gasteiger partial charge on any atom is 0.288 e. The second-order valence-corrected chi connectivity index (χ2v) is 9.20. The van der Waals surface area contributed by atoms with Crippen molar-refractivity contribution in [2.45, 2.75) is 29.4 Å². The van der Waals surface area contributed by atoms with Crippen molar-refractivity contribution >= 4 is 50.8 Å². The Morgan fingerprint density at radius 1 is 1.18 bits per heavy atom. The fourth-order valence-electron chi connectivity index (χ4n) is 3.38. The molecule has 4 rings (SSSR count). The van der Waals surface area contributed by atoms with Crippen LogP contribution in [0.3, 0.4) is 0 Å². The van der Waals surface area contributed by atoms with Crippen LogP contribution in [0.4, 0.5) is 8.78 Å². The Kier molecular flexibility index (Phi) is 5.85. The number of amides is 1. The summed E-state index contributed by atoms with van der Waals surface area (Å²) in [6.45, 7) is 1.32. The average Bonchev–Trinajstić information content (AvgIpc) is 3.11. The number of hydrogen-bond acceptors (Lipinski definition) is 4. The van der Waals surface area contributed by atoms with Gasteiger partial charge in [-0.1, -0.05) is 23.4 Å². The van der Waals surface area contributed by atoms with Gasteiger partial charge in [0.2, 0.25) is 0 Å². The molecule has 28 heavy (non-hydrogen) atoms. The zero-order chi connectivity index (χ0) is 19.7. The molecule has 3 nitrogen and oxygen atoms in total. The third kappa shape index (κ3) is 4.31. The van der Waals surface area contributed by atoms with Gasteiger partial charge in [0.1, 0.15) is 0 Å². The molecule has 2 aromatic carbocycles. The van der Waals surface area contributed by atoms with E-state index < -0.39 is 5.76 Å². The summed E-state index contributed by atoms with van der Waals surface area (Å²) < 4.78 is 25.9. The molecule has 1 aromatic heterocycles. The van der Waals surface area contributed by atoms with E-state index in [1.807, 2.05) is 23.1 Å². The first-order chi connectivity index (χ1) is 13.5. The Labute approximate surface area is 174 Å². The van der Waals surface area contributed by atoms with Crippen molar-refractivity contribution in [1.29, 1.82) is 0 Å². The smallest absolute Gasteiger partial charge is 0.288 e. The van der Waals surface area contributed by atoms with Gasteiger partial charge in [0, 0.05) is 34.5 Å². The van der Waals surface area contributed by atoms with Gasteiger partial charge in [-0.25, -0.2) is 4.98 Å². The van der Waals surface area contributed by atoms with Gasteiger partial charge in [0.25, 0.3) is 11.7 Å². The van der Waals surface area contributed by atoms with Gasteiger partial charge in [-0.15, -0.1) is 11.3 Å². The second-order valence-electron chi connectivity index (χ2n) is 6.63. The first-order valence-corrected chi connectivity index (χ1v) is 11.0. The van der Waals surface area contributed by atoms with E-state index in [1.165, 1.54) is 0 Å². The van der Waals surface area contributed by atoms with Crippen molar-refractivity contribution < 1.29 is 13.6 Å². The number of thioether (sulfide) groups is 1. The molecule has 0 spiro atoms. The molecule has 1 saturated heterocycles. The molecular formula is C20H17ClF2N2OS2. The molecule has 0 bridgehead atoms. The SMILES string of the molecule is O=C(c1ccc(SC(F)F)cc1)N1CCC(c2nc3cc(Cl)ccc3s2)CC1. The number of hydrogen-bond donors (Lipinski definition) is 0. The highest BCUT2D eigenvalue weighted by molar-refractivity contribution is 7.99. The first kappa shape index (κ1) is 19.6. The van der Waals surface area contributed by atoms with Crippen LogP contribution >= 0.6 is 34.7 Å². The summed E-state index contributed by atoms with van der Waals surface area (Å²) in [6.07, 6.45) is 1.72. The number of piperidine rings is 1. The second kappa shape index (κ2) is 8.35. The Balaban J connectivity index is 1.39.